The Kier molecular flexibility index (Phi) is 5.80. The minimum Gasteiger partial charge on any atom is -0.312 e. The molecule has 0 amide bonds. The monoisotopic (exact) mass is 138 g/mol. The highest BCUT2D eigenvalue weighted by Gasteiger charge is 2.00. The van der Waals surface area contributed by atoms with Crippen molar-refractivity contribution in [3.8, 4) is 6.07 Å². The van der Waals surface area contributed by atoms with Crippen molar-refractivity contribution in [2.45, 2.75) is 13.3 Å². The lowest BCUT2D eigenvalue weighted by Gasteiger charge is -2.04. The van der Waals surface area contributed by atoms with E-state index in [1.165, 1.54) is 0 Å². The summed E-state index contributed by atoms with van der Waals surface area (Å²) in [7, 11) is 0. The molecule has 0 aliphatic rings. The van der Waals surface area contributed by atoms with Gasteiger partial charge in [0.15, 0.2) is 0 Å². The minimum atomic E-state index is 0.153. The summed E-state index contributed by atoms with van der Waals surface area (Å²) in [6.07, 6.45) is 2.71. The summed E-state index contributed by atoms with van der Waals surface area (Å²) >= 11 is 0. The van der Waals surface area contributed by atoms with Gasteiger partial charge in [-0.2, -0.15) is 5.26 Å². The van der Waals surface area contributed by atoms with Gasteiger partial charge in [-0.05, 0) is 6.42 Å². The molecule has 1 atom stereocenters. The Labute approximate surface area is 62.5 Å². The highest BCUT2D eigenvalue weighted by atomic mass is 14.8. The van der Waals surface area contributed by atoms with Crippen molar-refractivity contribution in [3.05, 3.63) is 12.7 Å². The van der Waals surface area contributed by atoms with Gasteiger partial charge in [0, 0.05) is 13.1 Å². The molecule has 2 nitrogen and oxygen atoms in total. The van der Waals surface area contributed by atoms with Gasteiger partial charge in [-0.25, -0.2) is 0 Å². The highest BCUT2D eigenvalue weighted by molar-refractivity contribution is 4.84. The van der Waals surface area contributed by atoms with Gasteiger partial charge >= 0.3 is 0 Å². The fourth-order valence-electron chi connectivity index (χ4n) is 0.641. The first-order chi connectivity index (χ1) is 4.85. The molecule has 10 heavy (non-hydrogen) atoms. The van der Waals surface area contributed by atoms with Gasteiger partial charge in [-0.1, -0.05) is 13.0 Å². The van der Waals surface area contributed by atoms with Gasteiger partial charge in [0.2, 0.25) is 0 Å². The molecule has 0 radical (unpaired) electrons. The van der Waals surface area contributed by atoms with E-state index in [9.17, 15) is 0 Å². The molecule has 0 aromatic carbocycles. The van der Waals surface area contributed by atoms with Gasteiger partial charge < -0.3 is 5.32 Å². The molecule has 0 saturated carbocycles. The Bertz CT molecular complexity index is 124. The van der Waals surface area contributed by atoms with Crippen molar-refractivity contribution < 1.29 is 0 Å². The molecule has 0 aromatic rings. The van der Waals surface area contributed by atoms with Gasteiger partial charge in [0.1, 0.15) is 0 Å². The maximum Gasteiger partial charge on any atom is 0.0669 e. The highest BCUT2D eigenvalue weighted by Crippen LogP contribution is 1.96. The molecule has 1 unspecified atom stereocenters. The Hall–Kier alpha value is -0.810. The Morgan fingerprint density at radius 2 is 2.50 bits per heavy atom. The fourth-order valence-corrected chi connectivity index (χ4v) is 0.641. The lowest BCUT2D eigenvalue weighted by atomic mass is 10.1. The molecule has 0 aliphatic carbocycles. The zero-order valence-electron chi connectivity index (χ0n) is 6.43. The maximum atomic E-state index is 8.51. The topological polar surface area (TPSA) is 35.8 Å². The van der Waals surface area contributed by atoms with Crippen LogP contribution in [0.15, 0.2) is 12.7 Å². The zero-order chi connectivity index (χ0) is 7.82. The summed E-state index contributed by atoms with van der Waals surface area (Å²) in [5.41, 5.74) is 0. The predicted octanol–water partition coefficient (Wildman–Crippen LogP) is 1.31. The number of nitriles is 1. The van der Waals surface area contributed by atoms with E-state index < -0.39 is 0 Å². The van der Waals surface area contributed by atoms with Crippen molar-refractivity contribution in [1.29, 1.82) is 5.26 Å². The second-order valence-electron chi connectivity index (χ2n) is 2.18. The van der Waals surface area contributed by atoms with Crippen LogP contribution in [-0.2, 0) is 0 Å². The van der Waals surface area contributed by atoms with Crippen molar-refractivity contribution in [2.75, 3.05) is 13.1 Å². The molecule has 2 heteroatoms. The maximum absolute atomic E-state index is 8.51. The molecule has 56 valence electrons. The average Bonchev–Trinajstić information content (AvgIpc) is 1.99. The normalized spacial score (nSPS) is 12.0. The lowest BCUT2D eigenvalue weighted by molar-refractivity contribution is 0.576. The van der Waals surface area contributed by atoms with Crippen LogP contribution in [0, 0.1) is 17.2 Å². The molecule has 0 heterocycles. The molecule has 0 aliphatic heterocycles. The summed E-state index contributed by atoms with van der Waals surface area (Å²) in [5.74, 6) is 0.153. The summed E-state index contributed by atoms with van der Waals surface area (Å²) in [4.78, 5) is 0. The van der Waals surface area contributed by atoms with Crippen LogP contribution in [0.25, 0.3) is 0 Å². The van der Waals surface area contributed by atoms with Crippen molar-refractivity contribution in [3.63, 3.8) is 0 Å². The SMILES string of the molecule is C=CCNCC(C#N)CC. The van der Waals surface area contributed by atoms with Crippen LogP contribution in [0.5, 0.6) is 0 Å². The number of hydrogen-bond donors (Lipinski definition) is 1. The largest absolute Gasteiger partial charge is 0.312 e. The summed E-state index contributed by atoms with van der Waals surface area (Å²) in [6.45, 7) is 7.15. The van der Waals surface area contributed by atoms with E-state index >= 15 is 0 Å². The van der Waals surface area contributed by atoms with Crippen LogP contribution in [0.4, 0.5) is 0 Å². The second kappa shape index (κ2) is 6.31. The summed E-state index contributed by atoms with van der Waals surface area (Å²) in [6, 6.07) is 2.21. The lowest BCUT2D eigenvalue weighted by Crippen LogP contribution is -2.21. The van der Waals surface area contributed by atoms with E-state index in [2.05, 4.69) is 18.0 Å². The van der Waals surface area contributed by atoms with Crippen molar-refractivity contribution in [2.24, 2.45) is 5.92 Å². The predicted molar refractivity (Wildman–Crippen MR) is 42.5 cm³/mol. The second-order valence-corrected chi connectivity index (χ2v) is 2.18. The minimum absolute atomic E-state index is 0.153. The van der Waals surface area contributed by atoms with Crippen LogP contribution >= 0.6 is 0 Å². The molecule has 0 spiro atoms. The first-order valence-electron chi connectivity index (χ1n) is 3.56. The molecule has 0 fully saturated rings. The number of nitrogens with zero attached hydrogens (tertiary/aromatic N) is 1. The van der Waals surface area contributed by atoms with Crippen LogP contribution in [0.1, 0.15) is 13.3 Å². The Morgan fingerprint density at radius 1 is 1.80 bits per heavy atom. The van der Waals surface area contributed by atoms with Crippen LogP contribution < -0.4 is 5.32 Å². The van der Waals surface area contributed by atoms with E-state index in [0.29, 0.717) is 0 Å². The Balaban J connectivity index is 3.28. The third kappa shape index (κ3) is 4.11. The number of nitrogens with one attached hydrogen (secondary N) is 1. The van der Waals surface area contributed by atoms with E-state index in [1.54, 1.807) is 6.08 Å². The van der Waals surface area contributed by atoms with Crippen molar-refractivity contribution >= 4 is 0 Å². The first-order valence-corrected chi connectivity index (χ1v) is 3.56. The molecule has 0 rings (SSSR count). The smallest absolute Gasteiger partial charge is 0.0669 e. The van der Waals surface area contributed by atoms with Gasteiger partial charge in [-0.3, -0.25) is 0 Å². The first kappa shape index (κ1) is 9.19. The van der Waals surface area contributed by atoms with Gasteiger partial charge in [0.25, 0.3) is 0 Å². The molecule has 0 aromatic heterocycles. The standard InChI is InChI=1S/C8H14N2/c1-3-5-10-7-8(4-2)6-9/h3,8,10H,1,4-5,7H2,2H3. The number of rotatable bonds is 5. The molecule has 0 bridgehead atoms. The number of hydrogen-bond acceptors (Lipinski definition) is 2. The van der Waals surface area contributed by atoms with Gasteiger partial charge in [-0.15, -0.1) is 6.58 Å². The Morgan fingerprint density at radius 3 is 2.90 bits per heavy atom. The van der Waals surface area contributed by atoms with E-state index in [1.807, 2.05) is 6.92 Å². The molecular weight excluding hydrogens is 124 g/mol. The molecule has 1 N–H and O–H groups in total. The van der Waals surface area contributed by atoms with E-state index in [0.717, 1.165) is 19.5 Å². The molecule has 0 saturated heterocycles. The summed E-state index contributed by atoms with van der Waals surface area (Å²) in [5, 5.41) is 11.6. The molecular formula is C8H14N2. The summed E-state index contributed by atoms with van der Waals surface area (Å²) < 4.78 is 0. The van der Waals surface area contributed by atoms with Crippen molar-refractivity contribution in [1.82, 2.24) is 5.32 Å². The van der Waals surface area contributed by atoms with Crippen LogP contribution in [0.2, 0.25) is 0 Å². The third-order valence-corrected chi connectivity index (χ3v) is 1.35. The zero-order valence-corrected chi connectivity index (χ0v) is 6.43. The van der Waals surface area contributed by atoms with Crippen LogP contribution in [0.3, 0.4) is 0 Å². The average molecular weight is 138 g/mol. The van der Waals surface area contributed by atoms with Crippen LogP contribution in [-0.4, -0.2) is 13.1 Å². The third-order valence-electron chi connectivity index (χ3n) is 1.35. The quantitative estimate of drug-likeness (QED) is 0.459. The van der Waals surface area contributed by atoms with E-state index in [4.69, 9.17) is 5.26 Å². The fraction of sp³-hybridized carbons (Fsp3) is 0.625. The van der Waals surface area contributed by atoms with E-state index in [-0.39, 0.29) is 5.92 Å². The van der Waals surface area contributed by atoms with Gasteiger partial charge in [0.05, 0.1) is 12.0 Å².